The molecule has 5 atom stereocenters. The Hall–Kier alpha value is -2.19. The molecule has 1 amide bonds. The van der Waals surface area contributed by atoms with E-state index in [9.17, 15) is 14.4 Å². The predicted molar refractivity (Wildman–Crippen MR) is 107 cm³/mol. The third-order valence-corrected chi connectivity index (χ3v) is 4.77. The van der Waals surface area contributed by atoms with Gasteiger partial charge in [0.05, 0.1) is 18.6 Å². The Kier molecular flexibility index (Phi) is 11.2. The average Bonchev–Trinajstić information content (AvgIpc) is 2.67. The maximum Gasteiger partial charge on any atom is 0.328 e. The summed E-state index contributed by atoms with van der Waals surface area (Å²) in [6, 6.07) is -0.767. The van der Waals surface area contributed by atoms with E-state index in [4.69, 9.17) is 18.9 Å². The van der Waals surface area contributed by atoms with Gasteiger partial charge in [-0.15, -0.1) is 0 Å². The van der Waals surface area contributed by atoms with Crippen LogP contribution < -0.4 is 5.32 Å². The van der Waals surface area contributed by atoms with Crippen molar-refractivity contribution < 1.29 is 33.3 Å². The van der Waals surface area contributed by atoms with E-state index in [-0.39, 0.29) is 62.0 Å². The monoisotopic (exact) mass is 411 g/mol. The Morgan fingerprint density at radius 3 is 1.93 bits per heavy atom. The van der Waals surface area contributed by atoms with Gasteiger partial charge in [0.1, 0.15) is 19.3 Å². The standard InChI is InChI=1S/C21H33NO7/c1-14-8-6-10-19(23)22-16(3)21(25)29-13-18(27-5)15(2)9-7-11-20(24)28-12-17(14)26-4/h6-9,14-18H,10-13H2,1-5H3,(H,22,23)/b8-6+,9-7+/t14-,15+,16+,17-,18-/m1/s1. The molecule has 1 aliphatic rings. The Morgan fingerprint density at radius 1 is 0.862 bits per heavy atom. The molecule has 0 radical (unpaired) electrons. The van der Waals surface area contributed by atoms with Gasteiger partial charge in [0.15, 0.2) is 0 Å². The second-order valence-corrected chi connectivity index (χ2v) is 7.13. The summed E-state index contributed by atoms with van der Waals surface area (Å²) in [6.45, 7) is 5.54. The molecule has 1 N–H and O–H groups in total. The van der Waals surface area contributed by atoms with E-state index in [2.05, 4.69) is 5.32 Å². The van der Waals surface area contributed by atoms with E-state index < -0.39 is 12.0 Å². The van der Waals surface area contributed by atoms with Crippen molar-refractivity contribution in [1.82, 2.24) is 5.32 Å². The molecule has 1 aliphatic heterocycles. The molecule has 0 spiro atoms. The Labute approximate surface area is 172 Å². The van der Waals surface area contributed by atoms with Gasteiger partial charge in [0.25, 0.3) is 0 Å². The lowest BCUT2D eigenvalue weighted by Gasteiger charge is -2.21. The molecule has 8 nitrogen and oxygen atoms in total. The first-order chi connectivity index (χ1) is 13.8. The summed E-state index contributed by atoms with van der Waals surface area (Å²) in [4.78, 5) is 36.2. The zero-order chi connectivity index (χ0) is 21.8. The second-order valence-electron chi connectivity index (χ2n) is 7.13. The molecule has 0 aliphatic carbocycles. The van der Waals surface area contributed by atoms with Crippen molar-refractivity contribution in [3.8, 4) is 0 Å². The van der Waals surface area contributed by atoms with E-state index in [1.54, 1.807) is 26.2 Å². The highest BCUT2D eigenvalue weighted by Gasteiger charge is 2.22. The Bertz CT molecular complexity index is 602. The van der Waals surface area contributed by atoms with Gasteiger partial charge in [-0.3, -0.25) is 9.59 Å². The molecule has 0 saturated heterocycles. The number of carbonyl (C=O) groups is 3. The summed E-state index contributed by atoms with van der Waals surface area (Å²) < 4.78 is 21.3. The molecule has 0 aromatic rings. The van der Waals surface area contributed by atoms with Crippen LogP contribution in [0.3, 0.4) is 0 Å². The normalized spacial score (nSPS) is 33.3. The summed E-state index contributed by atoms with van der Waals surface area (Å²) in [5.41, 5.74) is 0. The first kappa shape index (κ1) is 24.8. The van der Waals surface area contributed by atoms with E-state index in [0.29, 0.717) is 0 Å². The number of hydrogen-bond acceptors (Lipinski definition) is 7. The lowest BCUT2D eigenvalue weighted by Crippen LogP contribution is -2.40. The maximum absolute atomic E-state index is 12.1. The number of carbonyl (C=O) groups excluding carboxylic acids is 3. The smallest absolute Gasteiger partial charge is 0.328 e. The molecular weight excluding hydrogens is 378 g/mol. The van der Waals surface area contributed by atoms with Gasteiger partial charge in [-0.1, -0.05) is 38.2 Å². The first-order valence-corrected chi connectivity index (χ1v) is 9.79. The van der Waals surface area contributed by atoms with E-state index in [1.165, 1.54) is 7.11 Å². The summed E-state index contributed by atoms with van der Waals surface area (Å²) in [5, 5.41) is 2.61. The van der Waals surface area contributed by atoms with Gasteiger partial charge in [0.2, 0.25) is 5.91 Å². The van der Waals surface area contributed by atoms with Gasteiger partial charge in [-0.2, -0.15) is 0 Å². The molecule has 0 unspecified atom stereocenters. The van der Waals surface area contributed by atoms with Crippen LogP contribution >= 0.6 is 0 Å². The number of methoxy groups -OCH3 is 2. The molecule has 0 fully saturated rings. The summed E-state index contributed by atoms with van der Waals surface area (Å²) >= 11 is 0. The van der Waals surface area contributed by atoms with Crippen molar-refractivity contribution in [2.45, 2.75) is 51.9 Å². The first-order valence-electron chi connectivity index (χ1n) is 9.79. The number of amides is 1. The van der Waals surface area contributed by atoms with Crippen molar-refractivity contribution in [3.63, 3.8) is 0 Å². The van der Waals surface area contributed by atoms with Crippen LogP contribution in [0.5, 0.6) is 0 Å². The fourth-order valence-corrected chi connectivity index (χ4v) is 2.77. The topological polar surface area (TPSA) is 100 Å². The highest BCUT2D eigenvalue weighted by atomic mass is 16.6. The Morgan fingerprint density at radius 2 is 1.38 bits per heavy atom. The number of nitrogens with one attached hydrogen (secondary N) is 1. The lowest BCUT2D eigenvalue weighted by atomic mass is 10.0. The van der Waals surface area contributed by atoms with E-state index >= 15 is 0 Å². The third-order valence-electron chi connectivity index (χ3n) is 4.77. The molecule has 0 bridgehead atoms. The van der Waals surface area contributed by atoms with Crippen LogP contribution in [-0.2, 0) is 33.3 Å². The summed E-state index contributed by atoms with van der Waals surface area (Å²) in [7, 11) is 3.07. The molecule has 164 valence electrons. The van der Waals surface area contributed by atoms with Gasteiger partial charge in [-0.25, -0.2) is 4.79 Å². The molecule has 0 saturated carbocycles. The number of ether oxygens (including phenoxy) is 4. The van der Waals surface area contributed by atoms with Crippen molar-refractivity contribution in [2.24, 2.45) is 11.8 Å². The lowest BCUT2D eigenvalue weighted by molar-refractivity contribution is -0.151. The second kappa shape index (κ2) is 13.1. The Balaban J connectivity index is 2.90. The number of hydrogen-bond donors (Lipinski definition) is 1. The molecule has 8 heteroatoms. The minimum atomic E-state index is -0.767. The molecule has 0 aromatic carbocycles. The minimum Gasteiger partial charge on any atom is -0.463 e. The largest absolute Gasteiger partial charge is 0.463 e. The molecule has 1 heterocycles. The predicted octanol–water partition coefficient (Wildman–Crippen LogP) is 1.79. The van der Waals surface area contributed by atoms with Crippen molar-refractivity contribution in [1.29, 1.82) is 0 Å². The van der Waals surface area contributed by atoms with Crippen molar-refractivity contribution in [2.75, 3.05) is 27.4 Å². The highest BCUT2D eigenvalue weighted by Crippen LogP contribution is 2.12. The van der Waals surface area contributed by atoms with Crippen LogP contribution in [0.2, 0.25) is 0 Å². The van der Waals surface area contributed by atoms with Gasteiger partial charge in [-0.05, 0) is 6.92 Å². The van der Waals surface area contributed by atoms with Crippen LogP contribution in [-0.4, -0.2) is 63.5 Å². The average molecular weight is 411 g/mol. The summed E-state index contributed by atoms with van der Waals surface area (Å²) in [5.74, 6) is -1.35. The molecule has 0 aromatic heterocycles. The van der Waals surface area contributed by atoms with Crippen LogP contribution in [0, 0.1) is 11.8 Å². The van der Waals surface area contributed by atoms with Crippen LogP contribution in [0.25, 0.3) is 0 Å². The molecular formula is C21H33NO7. The zero-order valence-electron chi connectivity index (χ0n) is 17.9. The number of cyclic esters (lactones) is 2. The van der Waals surface area contributed by atoms with Crippen molar-refractivity contribution >= 4 is 17.8 Å². The van der Waals surface area contributed by atoms with Crippen molar-refractivity contribution in [3.05, 3.63) is 24.3 Å². The fourth-order valence-electron chi connectivity index (χ4n) is 2.77. The quantitative estimate of drug-likeness (QED) is 0.546. The zero-order valence-corrected chi connectivity index (χ0v) is 17.9. The van der Waals surface area contributed by atoms with E-state index in [0.717, 1.165) is 0 Å². The third kappa shape index (κ3) is 9.23. The summed E-state index contributed by atoms with van der Waals surface area (Å²) in [6.07, 6.45) is 6.59. The number of rotatable bonds is 2. The molecule has 1 rings (SSSR count). The SMILES string of the molecule is CO[C@@H]1COC(=O)C/C=C/[C@H](C)[C@H](OC)COC(=O)[C@H](C)NC(=O)C/C=C/[C@H]1C. The minimum absolute atomic E-state index is 0.0401. The van der Waals surface area contributed by atoms with Crippen LogP contribution in [0.4, 0.5) is 0 Å². The van der Waals surface area contributed by atoms with Gasteiger partial charge < -0.3 is 24.3 Å². The molecule has 29 heavy (non-hydrogen) atoms. The highest BCUT2D eigenvalue weighted by molar-refractivity contribution is 5.84. The van der Waals surface area contributed by atoms with E-state index in [1.807, 2.05) is 26.0 Å². The number of esters is 2. The van der Waals surface area contributed by atoms with Gasteiger partial charge in [0, 0.05) is 32.5 Å². The van der Waals surface area contributed by atoms with Crippen LogP contribution in [0.15, 0.2) is 24.3 Å². The van der Waals surface area contributed by atoms with Gasteiger partial charge >= 0.3 is 11.9 Å². The fraction of sp³-hybridized carbons (Fsp3) is 0.667. The maximum atomic E-state index is 12.1. The van der Waals surface area contributed by atoms with Crippen LogP contribution in [0.1, 0.15) is 33.6 Å².